The van der Waals surface area contributed by atoms with E-state index in [2.05, 4.69) is 48.3 Å². The summed E-state index contributed by atoms with van der Waals surface area (Å²) in [5, 5.41) is 21.0. The lowest BCUT2D eigenvalue weighted by molar-refractivity contribution is 0.0945. The predicted octanol–water partition coefficient (Wildman–Crippen LogP) is 2.71. The van der Waals surface area contributed by atoms with E-state index in [1.807, 2.05) is 16.7 Å². The minimum Gasteiger partial charge on any atom is -0.494 e. The van der Waals surface area contributed by atoms with E-state index >= 15 is 4.39 Å². The van der Waals surface area contributed by atoms with Gasteiger partial charge in [-0.25, -0.2) is 14.1 Å². The molecule has 11 nitrogen and oxygen atoms in total. The molecule has 182 valence electrons. The van der Waals surface area contributed by atoms with Crippen molar-refractivity contribution in [1.82, 2.24) is 45.1 Å². The Labute approximate surface area is 204 Å². The summed E-state index contributed by atoms with van der Waals surface area (Å²) < 4.78 is 23.7. The number of ether oxygens (including phenoxy) is 1. The fourth-order valence-corrected chi connectivity index (χ4v) is 4.20. The highest BCUT2D eigenvalue weighted by Gasteiger charge is 2.24. The minimum absolute atomic E-state index is 0.0640. The molecule has 0 atom stereocenters. The van der Waals surface area contributed by atoms with E-state index < -0.39 is 11.7 Å². The molecule has 0 radical (unpaired) electrons. The number of fused-ring (bicyclic) bond motifs is 1. The number of hydrogen-bond donors (Lipinski definition) is 2. The summed E-state index contributed by atoms with van der Waals surface area (Å²) in [6.07, 6.45) is 9.57. The second-order valence-electron chi connectivity index (χ2n) is 8.68. The number of H-pyrrole nitrogens is 1. The SMILES string of the molecule is COc1ccc(-c2cn[nH]n2)c(CNC(=O)c2cn(Cc3cn4cc(C5CC5)ccc4n3)nn2)c1F. The lowest BCUT2D eigenvalue weighted by Gasteiger charge is -2.12. The van der Waals surface area contributed by atoms with Crippen LogP contribution in [0.1, 0.15) is 46.1 Å². The van der Waals surface area contributed by atoms with Gasteiger partial charge in [0.1, 0.15) is 11.3 Å². The maximum atomic E-state index is 15.0. The monoisotopic (exact) mass is 487 g/mol. The van der Waals surface area contributed by atoms with Crippen LogP contribution in [0.15, 0.2) is 49.1 Å². The number of amides is 1. The van der Waals surface area contributed by atoms with Gasteiger partial charge >= 0.3 is 0 Å². The molecule has 0 unspecified atom stereocenters. The van der Waals surface area contributed by atoms with Crippen molar-refractivity contribution in [2.75, 3.05) is 7.11 Å². The van der Waals surface area contributed by atoms with Gasteiger partial charge < -0.3 is 14.5 Å². The fourth-order valence-electron chi connectivity index (χ4n) is 4.20. The van der Waals surface area contributed by atoms with Gasteiger partial charge in [0.15, 0.2) is 17.3 Å². The number of halogens is 1. The molecule has 1 saturated carbocycles. The molecule has 0 bridgehead atoms. The van der Waals surface area contributed by atoms with Gasteiger partial charge in [0.25, 0.3) is 5.91 Å². The molecular formula is C24H22FN9O2. The first-order valence-electron chi connectivity index (χ1n) is 11.5. The third-order valence-corrected chi connectivity index (χ3v) is 6.21. The zero-order chi connectivity index (χ0) is 24.6. The topological polar surface area (TPSA) is 128 Å². The van der Waals surface area contributed by atoms with E-state index in [9.17, 15) is 4.79 Å². The number of hydrogen-bond acceptors (Lipinski definition) is 7. The lowest BCUT2D eigenvalue weighted by Crippen LogP contribution is -2.24. The minimum atomic E-state index is -0.585. The molecule has 1 aliphatic carbocycles. The highest BCUT2D eigenvalue weighted by molar-refractivity contribution is 5.91. The molecule has 6 rings (SSSR count). The molecule has 1 aromatic carbocycles. The van der Waals surface area contributed by atoms with Crippen LogP contribution in [-0.4, -0.2) is 52.8 Å². The number of carbonyl (C=O) groups excluding carboxylic acids is 1. The summed E-state index contributed by atoms with van der Waals surface area (Å²) in [5.41, 5.74) is 4.25. The molecule has 1 fully saturated rings. The number of nitrogens with one attached hydrogen (secondary N) is 2. The predicted molar refractivity (Wildman–Crippen MR) is 126 cm³/mol. The fraction of sp³-hybridized carbons (Fsp3) is 0.250. The van der Waals surface area contributed by atoms with Crippen molar-refractivity contribution in [1.29, 1.82) is 0 Å². The maximum absolute atomic E-state index is 15.0. The quantitative estimate of drug-likeness (QED) is 0.344. The Kier molecular flexibility index (Phi) is 5.40. The van der Waals surface area contributed by atoms with Crippen LogP contribution in [0.4, 0.5) is 4.39 Å². The molecule has 0 spiro atoms. The van der Waals surface area contributed by atoms with Gasteiger partial charge in [0, 0.05) is 30.1 Å². The lowest BCUT2D eigenvalue weighted by atomic mass is 10.0. The van der Waals surface area contributed by atoms with Crippen molar-refractivity contribution < 1.29 is 13.9 Å². The summed E-state index contributed by atoms with van der Waals surface area (Å²) in [4.78, 5) is 17.4. The van der Waals surface area contributed by atoms with Crippen LogP contribution in [0.3, 0.4) is 0 Å². The van der Waals surface area contributed by atoms with Gasteiger partial charge in [-0.1, -0.05) is 11.3 Å². The Morgan fingerprint density at radius 3 is 2.89 bits per heavy atom. The van der Waals surface area contributed by atoms with Crippen LogP contribution >= 0.6 is 0 Å². The maximum Gasteiger partial charge on any atom is 0.273 e. The number of pyridine rings is 1. The molecule has 1 aliphatic rings. The van der Waals surface area contributed by atoms with Crippen LogP contribution in [0.2, 0.25) is 0 Å². The molecule has 0 saturated heterocycles. The van der Waals surface area contributed by atoms with Crippen molar-refractivity contribution in [3.8, 4) is 17.0 Å². The molecule has 36 heavy (non-hydrogen) atoms. The number of rotatable bonds is 8. The number of methoxy groups -OCH3 is 1. The molecule has 2 N–H and O–H groups in total. The van der Waals surface area contributed by atoms with Crippen molar-refractivity contribution in [2.24, 2.45) is 0 Å². The molecule has 4 heterocycles. The number of aromatic nitrogens is 8. The molecule has 1 amide bonds. The summed E-state index contributed by atoms with van der Waals surface area (Å²) in [6, 6.07) is 7.31. The highest BCUT2D eigenvalue weighted by Crippen LogP contribution is 2.39. The normalized spacial score (nSPS) is 13.3. The standard InChI is InChI=1S/C24H22FN9O2/c1-36-21-6-5-17(19-9-27-31-29-19)18(23(21)25)8-26-24(35)20-13-34(32-30-20)12-16-11-33-10-15(14-2-3-14)4-7-22(33)28-16/h4-7,9-11,13-14H,2-3,8,12H2,1H3,(H,26,35)(H,27,29,31). The first kappa shape index (κ1) is 21.9. The summed E-state index contributed by atoms with van der Waals surface area (Å²) in [6.45, 7) is 0.258. The first-order chi connectivity index (χ1) is 17.6. The van der Waals surface area contributed by atoms with Crippen molar-refractivity contribution in [3.63, 3.8) is 0 Å². The molecule has 5 aromatic rings. The van der Waals surface area contributed by atoms with E-state index in [0.29, 0.717) is 23.7 Å². The second-order valence-corrected chi connectivity index (χ2v) is 8.68. The third kappa shape index (κ3) is 4.17. The van der Waals surface area contributed by atoms with Gasteiger partial charge in [0.2, 0.25) is 0 Å². The Morgan fingerprint density at radius 2 is 2.11 bits per heavy atom. The van der Waals surface area contributed by atoms with E-state index in [1.54, 1.807) is 10.7 Å². The highest BCUT2D eigenvalue weighted by atomic mass is 19.1. The van der Waals surface area contributed by atoms with E-state index in [4.69, 9.17) is 4.74 Å². The van der Waals surface area contributed by atoms with Gasteiger partial charge in [-0.2, -0.15) is 15.4 Å². The average Bonchev–Trinajstić information content (AvgIpc) is 3.24. The van der Waals surface area contributed by atoms with Gasteiger partial charge in [-0.3, -0.25) is 4.79 Å². The number of imidazole rings is 1. The zero-order valence-electron chi connectivity index (χ0n) is 19.3. The van der Waals surface area contributed by atoms with Crippen LogP contribution in [0, 0.1) is 5.82 Å². The first-order valence-corrected chi connectivity index (χ1v) is 11.5. The Balaban J connectivity index is 1.16. The van der Waals surface area contributed by atoms with Crippen molar-refractivity contribution in [3.05, 3.63) is 77.4 Å². The largest absolute Gasteiger partial charge is 0.494 e. The van der Waals surface area contributed by atoms with Gasteiger partial charge in [-0.15, -0.1) is 5.10 Å². The second kappa shape index (κ2) is 8.87. The molecular weight excluding hydrogens is 465 g/mol. The van der Waals surface area contributed by atoms with Crippen LogP contribution in [0.25, 0.3) is 16.9 Å². The zero-order valence-corrected chi connectivity index (χ0v) is 19.3. The third-order valence-electron chi connectivity index (χ3n) is 6.21. The van der Waals surface area contributed by atoms with Gasteiger partial charge in [-0.05, 0) is 42.5 Å². The summed E-state index contributed by atoms with van der Waals surface area (Å²) in [5.74, 6) is -0.347. The number of nitrogens with zero attached hydrogens (tertiary/aromatic N) is 7. The molecule has 12 heteroatoms. The van der Waals surface area contributed by atoms with E-state index in [-0.39, 0.29) is 23.6 Å². The number of benzene rings is 1. The van der Waals surface area contributed by atoms with E-state index in [1.165, 1.54) is 44.0 Å². The number of aromatic amines is 1. The smallest absolute Gasteiger partial charge is 0.273 e. The Hall–Kier alpha value is -4.61. The van der Waals surface area contributed by atoms with Crippen LogP contribution < -0.4 is 10.1 Å². The van der Waals surface area contributed by atoms with Gasteiger partial charge in [0.05, 0.1) is 31.7 Å². The summed E-state index contributed by atoms with van der Waals surface area (Å²) >= 11 is 0. The van der Waals surface area contributed by atoms with Crippen molar-refractivity contribution in [2.45, 2.75) is 31.8 Å². The number of carbonyl (C=O) groups is 1. The van der Waals surface area contributed by atoms with E-state index in [0.717, 1.165) is 11.3 Å². The summed E-state index contributed by atoms with van der Waals surface area (Å²) in [7, 11) is 1.38. The van der Waals surface area contributed by atoms with Crippen molar-refractivity contribution >= 4 is 11.6 Å². The molecule has 0 aliphatic heterocycles. The average molecular weight is 487 g/mol. The Morgan fingerprint density at radius 1 is 1.22 bits per heavy atom. The molecule has 4 aromatic heterocycles. The Bertz CT molecular complexity index is 1550. The van der Waals surface area contributed by atoms with Crippen LogP contribution in [0.5, 0.6) is 5.75 Å². The van der Waals surface area contributed by atoms with Crippen LogP contribution in [-0.2, 0) is 13.1 Å².